The van der Waals surface area contributed by atoms with Crippen LogP contribution in [0.4, 0.5) is 0 Å². The Balaban J connectivity index is 1.38. The van der Waals surface area contributed by atoms with Crippen molar-refractivity contribution in [1.82, 2.24) is 19.2 Å². The van der Waals surface area contributed by atoms with Crippen LogP contribution in [0.15, 0.2) is 16.2 Å². The topological polar surface area (TPSA) is 40.9 Å². The fourth-order valence-corrected chi connectivity index (χ4v) is 5.36. The summed E-state index contributed by atoms with van der Waals surface area (Å²) in [6, 6.07) is 1.72. The minimum absolute atomic E-state index is 0.0553. The van der Waals surface area contributed by atoms with Gasteiger partial charge in [-0.15, -0.1) is 11.3 Å². The van der Waals surface area contributed by atoms with E-state index in [0.29, 0.717) is 0 Å². The maximum atomic E-state index is 12.4. The first-order valence-corrected chi connectivity index (χ1v) is 10.9. The van der Waals surface area contributed by atoms with Gasteiger partial charge in [0, 0.05) is 36.8 Å². The van der Waals surface area contributed by atoms with Crippen molar-refractivity contribution < 1.29 is 0 Å². The van der Waals surface area contributed by atoms with E-state index in [4.69, 9.17) is 4.98 Å². The van der Waals surface area contributed by atoms with Crippen LogP contribution in [0.2, 0.25) is 0 Å². The van der Waals surface area contributed by atoms with Gasteiger partial charge in [-0.25, -0.2) is 4.98 Å². The molecule has 0 amide bonds. The van der Waals surface area contributed by atoms with E-state index in [0.717, 1.165) is 47.8 Å². The van der Waals surface area contributed by atoms with E-state index in [1.54, 1.807) is 21.8 Å². The Kier molecular flexibility index (Phi) is 5.43. The van der Waals surface area contributed by atoms with Crippen molar-refractivity contribution in [2.75, 3.05) is 32.7 Å². The zero-order valence-corrected chi connectivity index (χ0v) is 16.8. The molecule has 0 aliphatic carbocycles. The summed E-state index contributed by atoms with van der Waals surface area (Å²) in [5, 5.41) is 2.00. The minimum atomic E-state index is 0.0553. The Bertz CT molecular complexity index is 806. The predicted molar refractivity (Wildman–Crippen MR) is 107 cm³/mol. The standard InChI is InChI=1S/C20H30N4OS/c1-15-5-8-22(9-6-15)11-17-4-3-7-23(12-17)13-18-10-19(25)24-16(2)14-26-20(24)21-18/h10,14-15,17H,3-9,11-13H2,1-2H3. The van der Waals surface area contributed by atoms with Crippen molar-refractivity contribution >= 4 is 16.3 Å². The van der Waals surface area contributed by atoms with Gasteiger partial charge in [-0.05, 0) is 64.1 Å². The van der Waals surface area contributed by atoms with Crippen molar-refractivity contribution in [2.24, 2.45) is 11.8 Å². The summed E-state index contributed by atoms with van der Waals surface area (Å²) in [5.41, 5.74) is 1.95. The van der Waals surface area contributed by atoms with Crippen LogP contribution in [0, 0.1) is 18.8 Å². The molecule has 2 aromatic heterocycles. The molecule has 6 heteroatoms. The Morgan fingerprint density at radius 2 is 2.00 bits per heavy atom. The van der Waals surface area contributed by atoms with E-state index in [2.05, 4.69) is 16.7 Å². The molecule has 0 N–H and O–H groups in total. The molecule has 0 radical (unpaired) electrons. The summed E-state index contributed by atoms with van der Waals surface area (Å²) in [6.07, 6.45) is 5.30. The molecule has 2 aromatic rings. The van der Waals surface area contributed by atoms with E-state index < -0.39 is 0 Å². The molecule has 5 nitrogen and oxygen atoms in total. The third-order valence-corrected chi connectivity index (χ3v) is 6.95. The van der Waals surface area contributed by atoms with Crippen LogP contribution in [0.3, 0.4) is 0 Å². The molecule has 2 aliphatic rings. The lowest BCUT2D eigenvalue weighted by Crippen LogP contribution is -2.43. The van der Waals surface area contributed by atoms with E-state index in [1.807, 2.05) is 12.3 Å². The van der Waals surface area contributed by atoms with Crippen molar-refractivity contribution in [3.8, 4) is 0 Å². The number of fused-ring (bicyclic) bond motifs is 1. The first-order valence-electron chi connectivity index (χ1n) is 10.00. The average Bonchev–Trinajstić information content (AvgIpc) is 2.99. The fourth-order valence-electron chi connectivity index (χ4n) is 4.46. The summed E-state index contributed by atoms with van der Waals surface area (Å²) >= 11 is 1.55. The normalized spacial score (nSPS) is 23.7. The molecule has 2 aliphatic heterocycles. The molecule has 0 saturated carbocycles. The van der Waals surface area contributed by atoms with Gasteiger partial charge in [-0.1, -0.05) is 6.92 Å². The van der Waals surface area contributed by atoms with E-state index in [1.165, 1.54) is 45.3 Å². The fraction of sp³-hybridized carbons (Fsp3) is 0.700. The van der Waals surface area contributed by atoms with Crippen LogP contribution in [-0.2, 0) is 6.54 Å². The predicted octanol–water partition coefficient (Wildman–Crippen LogP) is 3.01. The molecule has 0 bridgehead atoms. The first-order chi connectivity index (χ1) is 12.6. The van der Waals surface area contributed by atoms with Gasteiger partial charge in [0.2, 0.25) is 0 Å². The van der Waals surface area contributed by atoms with Crippen molar-refractivity contribution in [2.45, 2.75) is 46.1 Å². The quantitative estimate of drug-likeness (QED) is 0.825. The second-order valence-corrected chi connectivity index (χ2v) is 9.14. The van der Waals surface area contributed by atoms with Crippen molar-refractivity contribution in [3.63, 3.8) is 0 Å². The highest BCUT2D eigenvalue weighted by Gasteiger charge is 2.24. The molecule has 26 heavy (non-hydrogen) atoms. The number of hydrogen-bond acceptors (Lipinski definition) is 5. The van der Waals surface area contributed by atoms with Gasteiger partial charge in [0.05, 0.1) is 5.69 Å². The Morgan fingerprint density at radius 3 is 2.81 bits per heavy atom. The lowest BCUT2D eigenvalue weighted by atomic mass is 9.94. The van der Waals surface area contributed by atoms with E-state index >= 15 is 0 Å². The SMILES string of the molecule is Cc1csc2nc(CN3CCCC(CN4CCC(C)CC4)C3)cc(=O)n12. The Hall–Kier alpha value is -1.24. The maximum absolute atomic E-state index is 12.4. The molecular weight excluding hydrogens is 344 g/mol. The van der Waals surface area contributed by atoms with Crippen LogP contribution in [-0.4, -0.2) is 51.9 Å². The van der Waals surface area contributed by atoms with Gasteiger partial charge < -0.3 is 4.90 Å². The summed E-state index contributed by atoms with van der Waals surface area (Å²) in [7, 11) is 0. The zero-order valence-electron chi connectivity index (χ0n) is 16.0. The number of thiazole rings is 1. The van der Waals surface area contributed by atoms with E-state index in [9.17, 15) is 4.79 Å². The van der Waals surface area contributed by atoms with Crippen LogP contribution in [0.5, 0.6) is 0 Å². The number of aryl methyl sites for hydroxylation is 1. The molecule has 0 spiro atoms. The molecule has 4 heterocycles. The van der Waals surface area contributed by atoms with Crippen LogP contribution in [0.1, 0.15) is 44.0 Å². The summed E-state index contributed by atoms with van der Waals surface area (Å²) < 4.78 is 1.71. The Labute approximate surface area is 159 Å². The molecule has 142 valence electrons. The minimum Gasteiger partial charge on any atom is -0.303 e. The third-order valence-electron chi connectivity index (χ3n) is 6.01. The van der Waals surface area contributed by atoms with Crippen molar-refractivity contribution in [1.29, 1.82) is 0 Å². The largest absolute Gasteiger partial charge is 0.303 e. The number of likely N-dealkylation sites (tertiary alicyclic amines) is 2. The lowest BCUT2D eigenvalue weighted by Gasteiger charge is -2.37. The summed E-state index contributed by atoms with van der Waals surface area (Å²) in [6.45, 7) is 11.2. The zero-order chi connectivity index (χ0) is 18.1. The monoisotopic (exact) mass is 374 g/mol. The van der Waals surface area contributed by atoms with Gasteiger partial charge in [-0.2, -0.15) is 0 Å². The number of rotatable bonds is 4. The molecule has 1 unspecified atom stereocenters. The molecule has 2 saturated heterocycles. The van der Waals surface area contributed by atoms with Gasteiger partial charge in [0.25, 0.3) is 5.56 Å². The van der Waals surface area contributed by atoms with Crippen LogP contribution >= 0.6 is 11.3 Å². The third kappa shape index (κ3) is 4.02. The highest BCUT2D eigenvalue weighted by molar-refractivity contribution is 7.15. The molecular formula is C20H30N4OS. The first kappa shape index (κ1) is 18.1. The van der Waals surface area contributed by atoms with Gasteiger partial charge in [0.15, 0.2) is 4.96 Å². The lowest BCUT2D eigenvalue weighted by molar-refractivity contribution is 0.108. The highest BCUT2D eigenvalue weighted by Crippen LogP contribution is 2.23. The van der Waals surface area contributed by atoms with Gasteiger partial charge in [-0.3, -0.25) is 14.1 Å². The molecule has 2 fully saturated rings. The van der Waals surface area contributed by atoms with Gasteiger partial charge in [0.1, 0.15) is 0 Å². The van der Waals surface area contributed by atoms with Crippen LogP contribution in [0.25, 0.3) is 4.96 Å². The number of hydrogen-bond donors (Lipinski definition) is 0. The number of piperidine rings is 2. The maximum Gasteiger partial charge on any atom is 0.259 e. The Morgan fingerprint density at radius 1 is 1.19 bits per heavy atom. The number of aromatic nitrogens is 2. The average molecular weight is 375 g/mol. The highest BCUT2D eigenvalue weighted by atomic mass is 32.1. The summed E-state index contributed by atoms with van der Waals surface area (Å²) in [4.78, 5) is 23.1. The molecule has 4 rings (SSSR count). The van der Waals surface area contributed by atoms with Gasteiger partial charge >= 0.3 is 0 Å². The van der Waals surface area contributed by atoms with Crippen molar-refractivity contribution in [3.05, 3.63) is 33.2 Å². The smallest absolute Gasteiger partial charge is 0.259 e. The second-order valence-electron chi connectivity index (χ2n) is 8.31. The number of nitrogens with zero attached hydrogens (tertiary/aromatic N) is 4. The summed E-state index contributed by atoms with van der Waals surface area (Å²) in [5.74, 6) is 1.65. The second kappa shape index (κ2) is 7.79. The van der Waals surface area contributed by atoms with E-state index in [-0.39, 0.29) is 5.56 Å². The van der Waals surface area contributed by atoms with Crippen LogP contribution < -0.4 is 5.56 Å². The molecule has 0 aromatic carbocycles. The molecule has 1 atom stereocenters.